The van der Waals surface area contributed by atoms with Gasteiger partial charge in [0.05, 0.1) is 6.42 Å². The predicted molar refractivity (Wildman–Crippen MR) is 108 cm³/mol. The molecule has 0 aliphatic heterocycles. The van der Waals surface area contributed by atoms with E-state index in [1.165, 1.54) is 0 Å². The van der Waals surface area contributed by atoms with Gasteiger partial charge in [0.25, 0.3) is 0 Å². The first-order valence-electron chi connectivity index (χ1n) is 7.90. The van der Waals surface area contributed by atoms with Gasteiger partial charge >= 0.3 is 0 Å². The SMILES string of the molecule is O=C(Cc1cccs1)N(Cc1ccccc1)Cc1ccc(Br)cc1Cl. The molecule has 0 radical (unpaired) electrons. The maximum Gasteiger partial charge on any atom is 0.228 e. The van der Waals surface area contributed by atoms with Crippen molar-refractivity contribution in [3.05, 3.63) is 91.5 Å². The molecular formula is C20H17BrClNOS. The fourth-order valence-electron chi connectivity index (χ4n) is 2.57. The Morgan fingerprint density at radius 1 is 1.04 bits per heavy atom. The van der Waals surface area contributed by atoms with Gasteiger partial charge in [0.1, 0.15) is 0 Å². The highest BCUT2D eigenvalue weighted by Crippen LogP contribution is 2.24. The van der Waals surface area contributed by atoms with E-state index in [0.717, 1.165) is 20.5 Å². The molecule has 1 amide bonds. The minimum absolute atomic E-state index is 0.102. The van der Waals surface area contributed by atoms with E-state index in [9.17, 15) is 4.79 Å². The molecule has 0 spiro atoms. The van der Waals surface area contributed by atoms with Crippen molar-refractivity contribution < 1.29 is 4.79 Å². The van der Waals surface area contributed by atoms with Crippen LogP contribution in [0.5, 0.6) is 0 Å². The van der Waals surface area contributed by atoms with E-state index in [-0.39, 0.29) is 5.91 Å². The average Bonchev–Trinajstić information content (AvgIpc) is 3.10. The Labute approximate surface area is 165 Å². The van der Waals surface area contributed by atoms with Crippen molar-refractivity contribution in [2.75, 3.05) is 0 Å². The Morgan fingerprint density at radius 2 is 1.84 bits per heavy atom. The quantitative estimate of drug-likeness (QED) is 0.470. The monoisotopic (exact) mass is 433 g/mol. The third-order valence-corrected chi connectivity index (χ3v) is 5.57. The maximum atomic E-state index is 12.9. The number of carbonyl (C=O) groups excluding carboxylic acids is 1. The van der Waals surface area contributed by atoms with Crippen LogP contribution in [0.1, 0.15) is 16.0 Å². The van der Waals surface area contributed by atoms with Crippen LogP contribution in [0.25, 0.3) is 0 Å². The fraction of sp³-hybridized carbons (Fsp3) is 0.150. The highest BCUT2D eigenvalue weighted by molar-refractivity contribution is 9.10. The lowest BCUT2D eigenvalue weighted by Gasteiger charge is -2.23. The van der Waals surface area contributed by atoms with Crippen molar-refractivity contribution in [1.82, 2.24) is 4.90 Å². The van der Waals surface area contributed by atoms with Gasteiger partial charge in [0.15, 0.2) is 0 Å². The average molecular weight is 435 g/mol. The summed E-state index contributed by atoms with van der Waals surface area (Å²) < 4.78 is 0.931. The number of benzene rings is 2. The van der Waals surface area contributed by atoms with Crippen molar-refractivity contribution in [3.63, 3.8) is 0 Å². The Bertz CT molecular complexity index is 836. The molecule has 0 N–H and O–H groups in total. The number of hydrogen-bond acceptors (Lipinski definition) is 2. The second-order valence-electron chi connectivity index (χ2n) is 5.73. The predicted octanol–water partition coefficient (Wildman–Crippen LogP) is 5.94. The van der Waals surface area contributed by atoms with Gasteiger partial charge in [-0.25, -0.2) is 0 Å². The second-order valence-corrected chi connectivity index (χ2v) is 8.08. The van der Waals surface area contributed by atoms with E-state index in [4.69, 9.17) is 11.6 Å². The smallest absolute Gasteiger partial charge is 0.228 e. The van der Waals surface area contributed by atoms with E-state index in [1.807, 2.05) is 70.9 Å². The molecule has 25 heavy (non-hydrogen) atoms. The summed E-state index contributed by atoms with van der Waals surface area (Å²) in [4.78, 5) is 15.8. The molecule has 2 aromatic carbocycles. The molecule has 5 heteroatoms. The molecule has 2 nitrogen and oxygen atoms in total. The highest BCUT2D eigenvalue weighted by atomic mass is 79.9. The highest BCUT2D eigenvalue weighted by Gasteiger charge is 2.17. The molecule has 0 bridgehead atoms. The first kappa shape index (κ1) is 18.2. The molecule has 0 saturated heterocycles. The lowest BCUT2D eigenvalue weighted by Crippen LogP contribution is -2.31. The Morgan fingerprint density at radius 3 is 2.52 bits per heavy atom. The molecule has 0 unspecified atom stereocenters. The summed E-state index contributed by atoms with van der Waals surface area (Å²) in [5.41, 5.74) is 2.05. The van der Waals surface area contributed by atoms with E-state index >= 15 is 0 Å². The zero-order valence-electron chi connectivity index (χ0n) is 13.5. The number of rotatable bonds is 6. The van der Waals surface area contributed by atoms with Gasteiger partial charge in [0.2, 0.25) is 5.91 Å². The summed E-state index contributed by atoms with van der Waals surface area (Å²) in [7, 11) is 0. The number of hydrogen-bond donors (Lipinski definition) is 0. The minimum Gasteiger partial charge on any atom is -0.334 e. The van der Waals surface area contributed by atoms with Gasteiger partial charge in [-0.3, -0.25) is 4.79 Å². The first-order chi connectivity index (χ1) is 12.1. The number of amides is 1. The number of halogens is 2. The summed E-state index contributed by atoms with van der Waals surface area (Å²) in [6, 6.07) is 19.8. The van der Waals surface area contributed by atoms with E-state index in [1.54, 1.807) is 11.3 Å². The summed E-state index contributed by atoms with van der Waals surface area (Å²) in [5, 5.41) is 2.66. The topological polar surface area (TPSA) is 20.3 Å². The van der Waals surface area contributed by atoms with Crippen LogP contribution in [-0.2, 0) is 24.3 Å². The van der Waals surface area contributed by atoms with Crippen molar-refractivity contribution in [3.8, 4) is 0 Å². The third-order valence-electron chi connectivity index (χ3n) is 3.85. The second kappa shape index (κ2) is 8.65. The summed E-state index contributed by atoms with van der Waals surface area (Å²) in [6.45, 7) is 1.06. The summed E-state index contributed by atoms with van der Waals surface area (Å²) >= 11 is 11.4. The van der Waals surface area contributed by atoms with Crippen LogP contribution in [0.15, 0.2) is 70.5 Å². The third kappa shape index (κ3) is 5.18. The van der Waals surface area contributed by atoms with Crippen LogP contribution in [0.2, 0.25) is 5.02 Å². The van der Waals surface area contributed by atoms with Crippen LogP contribution in [-0.4, -0.2) is 10.8 Å². The number of thiophene rings is 1. The van der Waals surface area contributed by atoms with Crippen molar-refractivity contribution in [2.45, 2.75) is 19.5 Å². The van der Waals surface area contributed by atoms with Gasteiger partial charge in [-0.15, -0.1) is 11.3 Å². The summed E-state index contributed by atoms with van der Waals surface area (Å²) in [6.07, 6.45) is 0.415. The largest absolute Gasteiger partial charge is 0.334 e. The normalized spacial score (nSPS) is 10.6. The van der Waals surface area contributed by atoms with Crippen LogP contribution >= 0.6 is 38.9 Å². The Hall–Kier alpha value is -1.62. The minimum atomic E-state index is 0.102. The van der Waals surface area contributed by atoms with Crippen LogP contribution < -0.4 is 0 Å². The van der Waals surface area contributed by atoms with E-state index < -0.39 is 0 Å². The van der Waals surface area contributed by atoms with Gasteiger partial charge in [0, 0.05) is 27.5 Å². The lowest BCUT2D eigenvalue weighted by molar-refractivity contribution is -0.131. The molecule has 3 rings (SSSR count). The van der Waals surface area contributed by atoms with Gasteiger partial charge < -0.3 is 4.90 Å². The molecule has 0 aliphatic rings. The maximum absolute atomic E-state index is 12.9. The van der Waals surface area contributed by atoms with Crippen molar-refractivity contribution in [1.29, 1.82) is 0 Å². The molecule has 128 valence electrons. The van der Waals surface area contributed by atoms with Gasteiger partial charge in [-0.1, -0.05) is 70.0 Å². The Balaban J connectivity index is 1.81. The molecule has 1 aromatic heterocycles. The Kier molecular flexibility index (Phi) is 6.29. The van der Waals surface area contributed by atoms with Crippen molar-refractivity contribution >= 4 is 44.8 Å². The summed E-state index contributed by atoms with van der Waals surface area (Å²) in [5.74, 6) is 0.102. The fourth-order valence-corrected chi connectivity index (χ4v) is 3.99. The van der Waals surface area contributed by atoms with Gasteiger partial charge in [-0.2, -0.15) is 0 Å². The van der Waals surface area contributed by atoms with Crippen LogP contribution in [0, 0.1) is 0 Å². The number of nitrogens with zero attached hydrogens (tertiary/aromatic N) is 1. The number of carbonyl (C=O) groups is 1. The molecule has 0 atom stereocenters. The standard InChI is InChI=1S/C20H17BrClNOS/c21-17-9-8-16(19(22)11-17)14-23(13-15-5-2-1-3-6-15)20(24)12-18-7-4-10-25-18/h1-11H,12-14H2. The molecule has 0 aliphatic carbocycles. The van der Waals surface area contributed by atoms with Gasteiger partial charge in [-0.05, 0) is 34.7 Å². The molecule has 1 heterocycles. The van der Waals surface area contributed by atoms with Crippen molar-refractivity contribution in [2.24, 2.45) is 0 Å². The first-order valence-corrected chi connectivity index (χ1v) is 9.95. The zero-order chi connectivity index (χ0) is 17.6. The molecular weight excluding hydrogens is 418 g/mol. The van der Waals surface area contributed by atoms with E-state index in [0.29, 0.717) is 24.5 Å². The van der Waals surface area contributed by atoms with E-state index in [2.05, 4.69) is 15.9 Å². The molecule has 0 saturated carbocycles. The zero-order valence-corrected chi connectivity index (χ0v) is 16.7. The van der Waals surface area contributed by atoms with Crippen LogP contribution in [0.3, 0.4) is 0 Å². The lowest BCUT2D eigenvalue weighted by atomic mass is 10.1. The molecule has 3 aromatic rings. The molecule has 0 fully saturated rings. The van der Waals surface area contributed by atoms with Crippen LogP contribution in [0.4, 0.5) is 0 Å².